The van der Waals surface area contributed by atoms with Crippen LogP contribution in [0.2, 0.25) is 0 Å². The van der Waals surface area contributed by atoms with Crippen molar-refractivity contribution in [1.29, 1.82) is 5.41 Å². The van der Waals surface area contributed by atoms with Crippen LogP contribution in [-0.4, -0.2) is 24.4 Å². The highest BCUT2D eigenvalue weighted by atomic mass is 16.7. The molecule has 0 aromatic rings. The quantitative estimate of drug-likeness (QED) is 0.119. The Labute approximate surface area is 171 Å². The van der Waals surface area contributed by atoms with Gasteiger partial charge in [0.1, 0.15) is 0 Å². The highest BCUT2D eigenvalue weighted by Gasteiger charge is 2.04. The van der Waals surface area contributed by atoms with Crippen LogP contribution in [0.3, 0.4) is 0 Å². The normalized spacial score (nSPS) is 10.5. The van der Waals surface area contributed by atoms with Crippen LogP contribution in [0.25, 0.3) is 0 Å². The van der Waals surface area contributed by atoms with Gasteiger partial charge in [-0.1, -0.05) is 77.6 Å². The molecular formula is C21H42N4O3. The molecular weight excluding hydrogens is 356 g/mol. The van der Waals surface area contributed by atoms with Crippen molar-refractivity contribution in [2.24, 2.45) is 5.73 Å². The van der Waals surface area contributed by atoms with Crippen LogP contribution < -0.4 is 16.5 Å². The fraction of sp³-hybridized carbons (Fsp3) is 0.857. The molecule has 0 heterocycles. The lowest BCUT2D eigenvalue weighted by molar-refractivity contribution is -0.148. The maximum atomic E-state index is 11.8. The summed E-state index contributed by atoms with van der Waals surface area (Å²) in [6.45, 7) is 2.90. The third-order valence-electron chi connectivity index (χ3n) is 4.66. The van der Waals surface area contributed by atoms with Gasteiger partial charge in [-0.15, -0.1) is 0 Å². The van der Waals surface area contributed by atoms with Crippen molar-refractivity contribution in [3.8, 4) is 0 Å². The summed E-state index contributed by atoms with van der Waals surface area (Å²) in [5.41, 5.74) is 7.02. The van der Waals surface area contributed by atoms with E-state index in [-0.39, 0.29) is 12.3 Å². The molecule has 0 aromatic heterocycles. The molecule has 0 saturated carbocycles. The first-order valence-electron chi connectivity index (χ1n) is 11.1. The Balaban J connectivity index is 3.27. The van der Waals surface area contributed by atoms with E-state index in [0.29, 0.717) is 19.4 Å². The van der Waals surface area contributed by atoms with Gasteiger partial charge in [0.2, 0.25) is 11.9 Å². The lowest BCUT2D eigenvalue weighted by Gasteiger charge is -2.06. The third-order valence-corrected chi connectivity index (χ3v) is 4.66. The summed E-state index contributed by atoms with van der Waals surface area (Å²) in [6.07, 6.45) is 17.4. The molecule has 0 spiro atoms. The SMILES string of the molecule is CCCCCCCCCCCCCC(=O)NCCCCCC(=O)ONC(=N)N. The highest BCUT2D eigenvalue weighted by Crippen LogP contribution is 2.11. The minimum absolute atomic E-state index is 0.126. The summed E-state index contributed by atoms with van der Waals surface area (Å²) in [4.78, 5) is 27.6. The summed E-state index contributed by atoms with van der Waals surface area (Å²) in [5, 5.41) is 9.80. The van der Waals surface area contributed by atoms with Crippen molar-refractivity contribution >= 4 is 17.8 Å². The number of nitrogens with two attached hydrogens (primary N) is 1. The molecule has 164 valence electrons. The van der Waals surface area contributed by atoms with E-state index in [1.54, 1.807) is 0 Å². The zero-order valence-corrected chi connectivity index (χ0v) is 17.8. The smallest absolute Gasteiger partial charge is 0.332 e. The number of nitrogens with one attached hydrogen (secondary N) is 3. The van der Waals surface area contributed by atoms with Crippen molar-refractivity contribution < 1.29 is 14.4 Å². The predicted molar refractivity (Wildman–Crippen MR) is 114 cm³/mol. The van der Waals surface area contributed by atoms with Crippen LogP contribution >= 0.6 is 0 Å². The Morgan fingerprint density at radius 2 is 1.29 bits per heavy atom. The molecule has 28 heavy (non-hydrogen) atoms. The number of carbonyl (C=O) groups excluding carboxylic acids is 2. The van der Waals surface area contributed by atoms with E-state index in [1.807, 2.05) is 5.48 Å². The molecule has 0 rings (SSSR count). The molecule has 7 heteroatoms. The Bertz CT molecular complexity index is 416. The number of amides is 1. The lowest BCUT2D eigenvalue weighted by atomic mass is 10.1. The summed E-state index contributed by atoms with van der Waals surface area (Å²) in [7, 11) is 0. The molecule has 7 nitrogen and oxygen atoms in total. The number of hydroxylamine groups is 1. The van der Waals surface area contributed by atoms with E-state index >= 15 is 0 Å². The zero-order chi connectivity index (χ0) is 20.9. The number of hydrogen-bond donors (Lipinski definition) is 4. The molecule has 0 aromatic carbocycles. The maximum absolute atomic E-state index is 11.8. The second kappa shape index (κ2) is 20.0. The largest absolute Gasteiger partial charge is 0.368 e. The molecule has 0 fully saturated rings. The van der Waals surface area contributed by atoms with Gasteiger partial charge in [-0.05, 0) is 19.3 Å². The van der Waals surface area contributed by atoms with Crippen LogP contribution in [0.4, 0.5) is 0 Å². The summed E-state index contributed by atoms with van der Waals surface area (Å²) >= 11 is 0. The first-order valence-corrected chi connectivity index (χ1v) is 11.1. The fourth-order valence-electron chi connectivity index (χ4n) is 3.00. The van der Waals surface area contributed by atoms with Gasteiger partial charge in [0.05, 0.1) is 0 Å². The van der Waals surface area contributed by atoms with Gasteiger partial charge in [-0.3, -0.25) is 10.2 Å². The number of hydrogen-bond acceptors (Lipinski definition) is 4. The molecule has 0 saturated heterocycles. The van der Waals surface area contributed by atoms with Crippen LogP contribution in [0, 0.1) is 5.41 Å². The van der Waals surface area contributed by atoms with Crippen molar-refractivity contribution in [2.75, 3.05) is 6.54 Å². The van der Waals surface area contributed by atoms with Crippen molar-refractivity contribution in [2.45, 2.75) is 110 Å². The molecule has 0 atom stereocenters. The number of carbonyl (C=O) groups is 2. The molecule has 0 unspecified atom stereocenters. The van der Waals surface area contributed by atoms with E-state index in [1.165, 1.54) is 57.8 Å². The Hall–Kier alpha value is -1.79. The van der Waals surface area contributed by atoms with E-state index < -0.39 is 11.9 Å². The minimum atomic E-state index is -0.435. The summed E-state index contributed by atoms with van der Waals surface area (Å²) < 4.78 is 0. The zero-order valence-electron chi connectivity index (χ0n) is 17.8. The van der Waals surface area contributed by atoms with Crippen LogP contribution in [0.15, 0.2) is 0 Å². The standard InChI is InChI=1S/C21H42N4O3/c1-2-3-4-5-6-7-8-9-10-11-13-16-19(26)24-18-15-12-14-17-20(27)28-25-21(22)23/h2-18H2,1H3,(H,24,26)(H4,22,23,25). The maximum Gasteiger partial charge on any atom is 0.332 e. The predicted octanol–water partition coefficient (Wildman–Crippen LogP) is 4.31. The van der Waals surface area contributed by atoms with Crippen molar-refractivity contribution in [1.82, 2.24) is 10.8 Å². The average molecular weight is 399 g/mol. The van der Waals surface area contributed by atoms with Crippen LogP contribution in [0.1, 0.15) is 110 Å². The Kier molecular flexibility index (Phi) is 18.7. The number of rotatable bonds is 18. The van der Waals surface area contributed by atoms with E-state index in [0.717, 1.165) is 25.7 Å². The van der Waals surface area contributed by atoms with Crippen molar-refractivity contribution in [3.63, 3.8) is 0 Å². The van der Waals surface area contributed by atoms with E-state index in [9.17, 15) is 9.59 Å². The van der Waals surface area contributed by atoms with Crippen LogP contribution in [-0.2, 0) is 14.4 Å². The van der Waals surface area contributed by atoms with Crippen molar-refractivity contribution in [3.05, 3.63) is 0 Å². The first kappa shape index (κ1) is 26.2. The van der Waals surface area contributed by atoms with E-state index in [2.05, 4.69) is 17.1 Å². The second-order valence-electron chi connectivity index (χ2n) is 7.44. The van der Waals surface area contributed by atoms with Gasteiger partial charge in [0, 0.05) is 19.4 Å². The van der Waals surface area contributed by atoms with Crippen LogP contribution in [0.5, 0.6) is 0 Å². The number of guanidine groups is 1. The molecule has 0 radical (unpaired) electrons. The Morgan fingerprint density at radius 1 is 0.786 bits per heavy atom. The fourth-order valence-corrected chi connectivity index (χ4v) is 3.00. The third kappa shape index (κ3) is 20.5. The summed E-state index contributed by atoms with van der Waals surface area (Å²) in [5.74, 6) is -0.703. The second-order valence-corrected chi connectivity index (χ2v) is 7.44. The first-order chi connectivity index (χ1) is 13.6. The Morgan fingerprint density at radius 3 is 1.86 bits per heavy atom. The number of unbranched alkanes of at least 4 members (excludes halogenated alkanes) is 12. The minimum Gasteiger partial charge on any atom is -0.368 e. The molecule has 0 aliphatic rings. The molecule has 0 bridgehead atoms. The summed E-state index contributed by atoms with van der Waals surface area (Å²) in [6, 6.07) is 0. The van der Waals surface area contributed by atoms with Gasteiger partial charge in [0.15, 0.2) is 0 Å². The monoisotopic (exact) mass is 398 g/mol. The molecule has 1 amide bonds. The molecule has 0 aliphatic heterocycles. The van der Waals surface area contributed by atoms with Gasteiger partial charge in [-0.2, -0.15) is 5.48 Å². The van der Waals surface area contributed by atoms with Gasteiger partial charge in [0.25, 0.3) is 0 Å². The molecule has 5 N–H and O–H groups in total. The topological polar surface area (TPSA) is 117 Å². The van der Waals surface area contributed by atoms with Gasteiger partial charge < -0.3 is 15.9 Å². The average Bonchev–Trinajstić information content (AvgIpc) is 2.67. The van der Waals surface area contributed by atoms with E-state index in [4.69, 9.17) is 11.1 Å². The molecule has 0 aliphatic carbocycles. The van der Waals surface area contributed by atoms with Gasteiger partial charge in [-0.25, -0.2) is 4.79 Å². The van der Waals surface area contributed by atoms with Gasteiger partial charge >= 0.3 is 5.97 Å². The highest BCUT2D eigenvalue weighted by molar-refractivity contribution is 5.76. The lowest BCUT2D eigenvalue weighted by Crippen LogP contribution is -2.32.